The molecule has 0 aromatic carbocycles. The number of hydrogen-bond donors (Lipinski definition) is 1. The molecule has 13 heavy (non-hydrogen) atoms. The van der Waals surface area contributed by atoms with Crippen molar-refractivity contribution < 1.29 is 14.7 Å². The molecule has 4 nitrogen and oxygen atoms in total. The highest BCUT2D eigenvalue weighted by molar-refractivity contribution is 6.31. The third kappa shape index (κ3) is 1.84. The number of pyridine rings is 1. The number of rotatable bonds is 2. The zero-order chi connectivity index (χ0) is 10.0. The molecule has 5 heteroatoms. The lowest BCUT2D eigenvalue weighted by Gasteiger charge is -2.01. The average molecular weight is 200 g/mol. The van der Waals surface area contributed by atoms with Crippen molar-refractivity contribution in [1.82, 2.24) is 4.98 Å². The second kappa shape index (κ2) is 3.53. The van der Waals surface area contributed by atoms with Gasteiger partial charge in [0, 0.05) is 0 Å². The fourth-order valence-electron chi connectivity index (χ4n) is 0.911. The fourth-order valence-corrected chi connectivity index (χ4v) is 1.09. The molecule has 68 valence electrons. The van der Waals surface area contributed by atoms with E-state index < -0.39 is 5.97 Å². The molecule has 0 radical (unpaired) electrons. The van der Waals surface area contributed by atoms with Crippen molar-refractivity contribution in [1.29, 1.82) is 0 Å². The van der Waals surface area contributed by atoms with Crippen LogP contribution in [-0.2, 0) is 0 Å². The number of carboxylic acid groups (broad SMARTS) is 1. The highest BCUT2D eigenvalue weighted by Gasteiger charge is 2.12. The van der Waals surface area contributed by atoms with Gasteiger partial charge in [-0.2, -0.15) is 0 Å². The third-order valence-electron chi connectivity index (χ3n) is 1.52. The Labute approximate surface area is 79.2 Å². The molecule has 0 bridgehead atoms. The van der Waals surface area contributed by atoms with Gasteiger partial charge in [0.1, 0.15) is 5.15 Å². The summed E-state index contributed by atoms with van der Waals surface area (Å²) in [5.41, 5.74) is 0.485. The van der Waals surface area contributed by atoms with Crippen molar-refractivity contribution in [3.8, 4) is 0 Å². The Morgan fingerprint density at radius 2 is 2.31 bits per heavy atom. The largest absolute Gasteiger partial charge is 0.477 e. The Bertz CT molecular complexity index is 376. The SMILES string of the molecule is Cc1cc(C=O)c(Cl)nc1C(=O)O. The van der Waals surface area contributed by atoms with Crippen molar-refractivity contribution in [3.05, 3.63) is 28.0 Å². The van der Waals surface area contributed by atoms with Crippen LogP contribution in [0.4, 0.5) is 0 Å². The second-order valence-electron chi connectivity index (χ2n) is 2.46. The average Bonchev–Trinajstić information content (AvgIpc) is 2.07. The van der Waals surface area contributed by atoms with E-state index in [9.17, 15) is 9.59 Å². The zero-order valence-corrected chi connectivity index (χ0v) is 7.50. The Morgan fingerprint density at radius 1 is 1.69 bits per heavy atom. The van der Waals surface area contributed by atoms with E-state index in [0.29, 0.717) is 11.8 Å². The number of carbonyl (C=O) groups is 2. The number of halogens is 1. The summed E-state index contributed by atoms with van der Waals surface area (Å²) in [5, 5.41) is 8.56. The van der Waals surface area contributed by atoms with Gasteiger partial charge in [-0.05, 0) is 18.6 Å². The summed E-state index contributed by atoms with van der Waals surface area (Å²) in [6.07, 6.45) is 0.536. The first-order valence-corrected chi connectivity index (χ1v) is 3.79. The molecular formula is C8H6ClNO3. The monoisotopic (exact) mass is 199 g/mol. The molecule has 0 saturated carbocycles. The second-order valence-corrected chi connectivity index (χ2v) is 2.81. The Hall–Kier alpha value is -1.42. The maximum atomic E-state index is 10.6. The van der Waals surface area contributed by atoms with E-state index >= 15 is 0 Å². The topological polar surface area (TPSA) is 67.3 Å². The molecule has 1 aromatic rings. The lowest BCUT2D eigenvalue weighted by atomic mass is 10.1. The summed E-state index contributed by atoms with van der Waals surface area (Å²) in [5.74, 6) is -1.16. The Kier molecular flexibility index (Phi) is 2.63. The smallest absolute Gasteiger partial charge is 0.354 e. The van der Waals surface area contributed by atoms with Crippen molar-refractivity contribution in [2.45, 2.75) is 6.92 Å². The molecule has 1 aromatic heterocycles. The first kappa shape index (κ1) is 9.67. The van der Waals surface area contributed by atoms with E-state index in [-0.39, 0.29) is 16.4 Å². The van der Waals surface area contributed by atoms with Crippen molar-refractivity contribution >= 4 is 23.9 Å². The first-order valence-electron chi connectivity index (χ1n) is 3.42. The van der Waals surface area contributed by atoms with Crippen LogP contribution in [0.5, 0.6) is 0 Å². The molecule has 0 atom stereocenters. The van der Waals surface area contributed by atoms with E-state index in [0.717, 1.165) is 0 Å². The first-order chi connectivity index (χ1) is 6.06. The molecule has 0 spiro atoms. The number of carbonyl (C=O) groups excluding carboxylic acids is 1. The number of aromatic carboxylic acids is 1. The fraction of sp³-hybridized carbons (Fsp3) is 0.125. The van der Waals surface area contributed by atoms with Gasteiger partial charge in [0.2, 0.25) is 0 Å². The molecule has 0 unspecified atom stereocenters. The molecule has 0 fully saturated rings. The molecule has 0 aliphatic heterocycles. The van der Waals surface area contributed by atoms with Gasteiger partial charge in [-0.3, -0.25) is 4.79 Å². The summed E-state index contributed by atoms with van der Waals surface area (Å²) in [6.45, 7) is 1.56. The van der Waals surface area contributed by atoms with Gasteiger partial charge in [0.25, 0.3) is 0 Å². The van der Waals surface area contributed by atoms with Gasteiger partial charge >= 0.3 is 5.97 Å². The highest BCUT2D eigenvalue weighted by Crippen LogP contribution is 2.15. The normalized spacial score (nSPS) is 9.69. The lowest BCUT2D eigenvalue weighted by Crippen LogP contribution is -2.05. The van der Waals surface area contributed by atoms with Gasteiger partial charge < -0.3 is 5.11 Å². The van der Waals surface area contributed by atoms with Gasteiger partial charge in [-0.25, -0.2) is 9.78 Å². The third-order valence-corrected chi connectivity index (χ3v) is 1.83. The number of hydrogen-bond acceptors (Lipinski definition) is 3. The minimum absolute atomic E-state index is 0.0852. The molecule has 1 rings (SSSR count). The van der Waals surface area contributed by atoms with Gasteiger partial charge in [0.15, 0.2) is 12.0 Å². The van der Waals surface area contributed by atoms with Crippen molar-refractivity contribution in [2.75, 3.05) is 0 Å². The zero-order valence-electron chi connectivity index (χ0n) is 6.74. The molecule has 1 N–H and O–H groups in total. The summed E-state index contributed by atoms with van der Waals surface area (Å²) in [4.78, 5) is 24.5. The number of aldehydes is 1. The van der Waals surface area contributed by atoms with Crippen LogP contribution in [0.2, 0.25) is 5.15 Å². The van der Waals surface area contributed by atoms with Crippen LogP contribution < -0.4 is 0 Å². The molecule has 1 heterocycles. The van der Waals surface area contributed by atoms with E-state index in [1.807, 2.05) is 0 Å². The predicted molar refractivity (Wildman–Crippen MR) is 46.3 cm³/mol. The molecule has 0 aliphatic rings. The van der Waals surface area contributed by atoms with Crippen molar-refractivity contribution in [2.24, 2.45) is 0 Å². The van der Waals surface area contributed by atoms with Crippen LogP contribution in [0.1, 0.15) is 26.4 Å². The van der Waals surface area contributed by atoms with Gasteiger partial charge in [-0.1, -0.05) is 11.6 Å². The van der Waals surface area contributed by atoms with Crippen LogP contribution >= 0.6 is 11.6 Å². The van der Waals surface area contributed by atoms with Crippen LogP contribution in [0, 0.1) is 6.92 Å². The van der Waals surface area contributed by atoms with Crippen molar-refractivity contribution in [3.63, 3.8) is 0 Å². The summed E-state index contributed by atoms with van der Waals surface area (Å²) >= 11 is 5.54. The predicted octanol–water partition coefficient (Wildman–Crippen LogP) is 1.55. The Morgan fingerprint density at radius 3 is 2.77 bits per heavy atom. The molecule has 0 aliphatic carbocycles. The van der Waals surface area contributed by atoms with E-state index in [2.05, 4.69) is 4.98 Å². The van der Waals surface area contributed by atoms with Crippen LogP contribution in [-0.4, -0.2) is 22.3 Å². The minimum Gasteiger partial charge on any atom is -0.477 e. The Balaban J connectivity index is 3.36. The quantitative estimate of drug-likeness (QED) is 0.580. The number of aryl methyl sites for hydroxylation is 1. The van der Waals surface area contributed by atoms with Gasteiger partial charge in [-0.15, -0.1) is 0 Å². The summed E-state index contributed by atoms with van der Waals surface area (Å²) < 4.78 is 0. The highest BCUT2D eigenvalue weighted by atomic mass is 35.5. The summed E-state index contributed by atoms with van der Waals surface area (Å²) in [7, 11) is 0. The number of aromatic nitrogens is 1. The summed E-state index contributed by atoms with van der Waals surface area (Å²) in [6, 6.07) is 1.39. The molecule has 0 saturated heterocycles. The minimum atomic E-state index is -1.16. The lowest BCUT2D eigenvalue weighted by molar-refractivity contribution is 0.0689. The van der Waals surface area contributed by atoms with Gasteiger partial charge in [0.05, 0.1) is 5.56 Å². The molecular weight excluding hydrogens is 194 g/mol. The van der Waals surface area contributed by atoms with Crippen LogP contribution in [0.3, 0.4) is 0 Å². The number of carboxylic acids is 1. The number of nitrogens with zero attached hydrogens (tertiary/aromatic N) is 1. The van der Waals surface area contributed by atoms with E-state index in [1.165, 1.54) is 6.07 Å². The van der Waals surface area contributed by atoms with E-state index in [1.54, 1.807) is 6.92 Å². The maximum Gasteiger partial charge on any atom is 0.354 e. The molecule has 0 amide bonds. The van der Waals surface area contributed by atoms with E-state index in [4.69, 9.17) is 16.7 Å². The maximum absolute atomic E-state index is 10.6. The van der Waals surface area contributed by atoms with Crippen LogP contribution in [0.25, 0.3) is 0 Å². The van der Waals surface area contributed by atoms with Crippen LogP contribution in [0.15, 0.2) is 6.07 Å². The standard InChI is InChI=1S/C8H6ClNO3/c1-4-2-5(3-11)7(9)10-6(4)8(12)13/h2-3H,1H3,(H,12,13).